The fourth-order valence-corrected chi connectivity index (χ4v) is 1.60. The Hall–Kier alpha value is -2.22. The van der Waals surface area contributed by atoms with Gasteiger partial charge in [0, 0.05) is 24.7 Å². The number of benzene rings is 1. The van der Waals surface area contributed by atoms with E-state index in [2.05, 4.69) is 6.07 Å². The highest BCUT2D eigenvalue weighted by atomic mass is 16.5. The third-order valence-electron chi connectivity index (χ3n) is 2.97. The molecule has 0 heterocycles. The lowest BCUT2D eigenvalue weighted by Gasteiger charge is -2.23. The van der Waals surface area contributed by atoms with Crippen LogP contribution in [0.2, 0.25) is 0 Å². The van der Waals surface area contributed by atoms with Gasteiger partial charge in [0.1, 0.15) is 11.5 Å². The molecule has 1 atom stereocenters. The van der Waals surface area contributed by atoms with Gasteiger partial charge in [0.05, 0.1) is 26.7 Å². The van der Waals surface area contributed by atoms with Crippen molar-refractivity contribution in [1.29, 1.82) is 5.26 Å². The molecule has 1 aromatic carbocycles. The van der Waals surface area contributed by atoms with Gasteiger partial charge in [-0.05, 0) is 19.1 Å². The zero-order chi connectivity index (χ0) is 14.4. The zero-order valence-electron chi connectivity index (χ0n) is 11.6. The highest BCUT2D eigenvalue weighted by Crippen LogP contribution is 2.23. The molecule has 0 fully saturated rings. The summed E-state index contributed by atoms with van der Waals surface area (Å²) in [6.45, 7) is 1.83. The van der Waals surface area contributed by atoms with Crippen molar-refractivity contribution >= 4 is 5.91 Å². The summed E-state index contributed by atoms with van der Waals surface area (Å²) in [5, 5.41) is 8.67. The summed E-state index contributed by atoms with van der Waals surface area (Å²) >= 11 is 0. The monoisotopic (exact) mass is 262 g/mol. The zero-order valence-corrected chi connectivity index (χ0v) is 11.6. The largest absolute Gasteiger partial charge is 0.497 e. The second-order valence-electron chi connectivity index (χ2n) is 4.23. The first-order valence-corrected chi connectivity index (χ1v) is 5.90. The van der Waals surface area contributed by atoms with E-state index in [0.29, 0.717) is 23.5 Å². The first kappa shape index (κ1) is 14.8. The quantitative estimate of drug-likeness (QED) is 0.815. The number of carbonyl (C=O) groups excluding carboxylic acids is 1. The Bertz CT molecular complexity index is 472. The van der Waals surface area contributed by atoms with Crippen LogP contribution in [0.25, 0.3) is 0 Å². The maximum absolute atomic E-state index is 12.3. The van der Waals surface area contributed by atoms with Crippen molar-refractivity contribution in [2.24, 2.45) is 0 Å². The molecule has 0 aliphatic carbocycles. The van der Waals surface area contributed by atoms with E-state index in [1.807, 2.05) is 6.92 Å². The Morgan fingerprint density at radius 3 is 2.26 bits per heavy atom. The van der Waals surface area contributed by atoms with E-state index < -0.39 is 0 Å². The highest BCUT2D eigenvalue weighted by Gasteiger charge is 2.18. The number of ether oxygens (including phenoxy) is 2. The van der Waals surface area contributed by atoms with Crippen LogP contribution >= 0.6 is 0 Å². The van der Waals surface area contributed by atoms with Crippen molar-refractivity contribution in [3.63, 3.8) is 0 Å². The van der Waals surface area contributed by atoms with Crippen molar-refractivity contribution in [2.75, 3.05) is 21.3 Å². The molecule has 5 nitrogen and oxygen atoms in total. The van der Waals surface area contributed by atoms with Crippen LogP contribution in [0, 0.1) is 11.3 Å². The average molecular weight is 262 g/mol. The van der Waals surface area contributed by atoms with Crippen molar-refractivity contribution in [1.82, 2.24) is 4.90 Å². The minimum Gasteiger partial charge on any atom is -0.497 e. The van der Waals surface area contributed by atoms with E-state index in [4.69, 9.17) is 14.7 Å². The molecule has 1 aromatic rings. The lowest BCUT2D eigenvalue weighted by Crippen LogP contribution is -2.34. The molecule has 0 N–H and O–H groups in total. The van der Waals surface area contributed by atoms with E-state index in [1.165, 1.54) is 19.1 Å². The summed E-state index contributed by atoms with van der Waals surface area (Å²) in [6, 6.07) is 6.92. The van der Waals surface area contributed by atoms with Gasteiger partial charge in [-0.25, -0.2) is 0 Å². The molecule has 0 spiro atoms. The molecule has 0 saturated heterocycles. The summed E-state index contributed by atoms with van der Waals surface area (Å²) in [6.07, 6.45) is 0.295. The number of nitrogens with zero attached hydrogens (tertiary/aromatic N) is 2. The predicted molar refractivity (Wildman–Crippen MR) is 71.3 cm³/mol. The number of carbonyl (C=O) groups is 1. The van der Waals surface area contributed by atoms with Gasteiger partial charge >= 0.3 is 0 Å². The summed E-state index contributed by atoms with van der Waals surface area (Å²) in [7, 11) is 4.74. The van der Waals surface area contributed by atoms with Crippen LogP contribution in [-0.4, -0.2) is 38.1 Å². The summed E-state index contributed by atoms with van der Waals surface area (Å²) in [5.41, 5.74) is 0.475. The topological polar surface area (TPSA) is 62.6 Å². The molecule has 1 rings (SSSR count). The number of hydrogen-bond acceptors (Lipinski definition) is 4. The lowest BCUT2D eigenvalue weighted by atomic mass is 10.1. The van der Waals surface area contributed by atoms with Gasteiger partial charge in [-0.15, -0.1) is 0 Å². The molecule has 102 valence electrons. The van der Waals surface area contributed by atoms with Crippen molar-refractivity contribution in [2.45, 2.75) is 19.4 Å². The minimum absolute atomic E-state index is 0.144. The molecule has 0 aromatic heterocycles. The van der Waals surface area contributed by atoms with E-state index in [0.717, 1.165) is 0 Å². The van der Waals surface area contributed by atoms with Crippen LogP contribution < -0.4 is 9.47 Å². The van der Waals surface area contributed by atoms with Crippen molar-refractivity contribution in [3.8, 4) is 17.6 Å². The maximum atomic E-state index is 12.3. The first-order valence-electron chi connectivity index (χ1n) is 5.90. The van der Waals surface area contributed by atoms with Crippen LogP contribution in [0.15, 0.2) is 18.2 Å². The van der Waals surface area contributed by atoms with Gasteiger partial charge in [0.15, 0.2) is 0 Å². The second kappa shape index (κ2) is 6.64. The number of hydrogen-bond donors (Lipinski definition) is 0. The Morgan fingerprint density at radius 1 is 1.32 bits per heavy atom. The third-order valence-corrected chi connectivity index (χ3v) is 2.97. The highest BCUT2D eigenvalue weighted by molar-refractivity contribution is 5.95. The van der Waals surface area contributed by atoms with E-state index in [-0.39, 0.29) is 11.9 Å². The van der Waals surface area contributed by atoms with E-state index in [9.17, 15) is 4.79 Å². The van der Waals surface area contributed by atoms with Crippen LogP contribution in [0.5, 0.6) is 11.5 Å². The number of rotatable bonds is 5. The Morgan fingerprint density at radius 2 is 1.84 bits per heavy atom. The standard InChI is InChI=1S/C14H18N2O3/c1-10(5-6-15)16(2)14(17)11-7-12(18-3)9-13(8-11)19-4/h7-10H,5H2,1-4H3. The van der Waals surface area contributed by atoms with Gasteiger partial charge in [-0.1, -0.05) is 0 Å². The normalized spacial score (nSPS) is 11.3. The van der Waals surface area contributed by atoms with Crippen LogP contribution in [0.4, 0.5) is 0 Å². The Kier molecular flexibility index (Phi) is 5.19. The Balaban J connectivity index is 3.02. The minimum atomic E-state index is -0.167. The smallest absolute Gasteiger partial charge is 0.254 e. The lowest BCUT2D eigenvalue weighted by molar-refractivity contribution is 0.0745. The summed E-state index contributed by atoms with van der Waals surface area (Å²) in [5.74, 6) is 0.952. The van der Waals surface area contributed by atoms with Crippen molar-refractivity contribution in [3.05, 3.63) is 23.8 Å². The maximum Gasteiger partial charge on any atom is 0.254 e. The molecule has 0 aliphatic rings. The summed E-state index contributed by atoms with van der Waals surface area (Å²) < 4.78 is 10.3. The fraction of sp³-hybridized carbons (Fsp3) is 0.429. The number of nitriles is 1. The molecule has 1 amide bonds. The third kappa shape index (κ3) is 3.62. The van der Waals surface area contributed by atoms with Gasteiger partial charge in [0.2, 0.25) is 0 Å². The second-order valence-corrected chi connectivity index (χ2v) is 4.23. The van der Waals surface area contributed by atoms with Crippen molar-refractivity contribution < 1.29 is 14.3 Å². The molecule has 0 saturated carbocycles. The number of methoxy groups -OCH3 is 2. The van der Waals surface area contributed by atoms with Gasteiger partial charge in [-0.3, -0.25) is 4.79 Å². The van der Waals surface area contributed by atoms with Crippen LogP contribution in [0.3, 0.4) is 0 Å². The Labute approximate surface area is 113 Å². The number of amides is 1. The first-order chi connectivity index (χ1) is 9.03. The molecule has 1 unspecified atom stereocenters. The predicted octanol–water partition coefficient (Wildman–Crippen LogP) is 2.08. The molecule has 19 heavy (non-hydrogen) atoms. The van der Waals surface area contributed by atoms with E-state index in [1.54, 1.807) is 25.2 Å². The molecule has 0 aliphatic heterocycles. The van der Waals surface area contributed by atoms with Crippen LogP contribution in [-0.2, 0) is 0 Å². The van der Waals surface area contributed by atoms with Gasteiger partial charge in [-0.2, -0.15) is 5.26 Å². The van der Waals surface area contributed by atoms with Gasteiger partial charge in [0.25, 0.3) is 5.91 Å². The summed E-state index contributed by atoms with van der Waals surface area (Å²) in [4.78, 5) is 13.8. The fourth-order valence-electron chi connectivity index (χ4n) is 1.60. The van der Waals surface area contributed by atoms with Gasteiger partial charge < -0.3 is 14.4 Å². The molecule has 0 bridgehead atoms. The molecular formula is C14H18N2O3. The molecular weight excluding hydrogens is 244 g/mol. The van der Waals surface area contributed by atoms with Crippen LogP contribution in [0.1, 0.15) is 23.7 Å². The average Bonchev–Trinajstić information content (AvgIpc) is 2.45. The molecule has 5 heteroatoms. The SMILES string of the molecule is COc1cc(OC)cc(C(=O)N(C)C(C)CC#N)c1. The molecule has 0 radical (unpaired) electrons. The van der Waals surface area contributed by atoms with E-state index >= 15 is 0 Å².